The average Bonchev–Trinajstić information content (AvgIpc) is 2.36. The summed E-state index contributed by atoms with van der Waals surface area (Å²) < 4.78 is 28.2. The van der Waals surface area contributed by atoms with Gasteiger partial charge in [0.05, 0.1) is 5.75 Å². The minimum absolute atomic E-state index is 0.258. The Morgan fingerprint density at radius 2 is 2.00 bits per heavy atom. The van der Waals surface area contributed by atoms with E-state index >= 15 is 0 Å². The van der Waals surface area contributed by atoms with Gasteiger partial charge in [-0.2, -0.15) is 0 Å². The second kappa shape index (κ2) is 7.34. The quantitative estimate of drug-likeness (QED) is 0.750. The number of hydrogen-bond acceptors (Lipinski definition) is 4. The molecule has 0 bridgehead atoms. The van der Waals surface area contributed by atoms with Crippen molar-refractivity contribution in [2.45, 2.75) is 38.6 Å². The summed E-state index contributed by atoms with van der Waals surface area (Å²) >= 11 is 0. The van der Waals surface area contributed by atoms with Crippen molar-refractivity contribution in [2.24, 2.45) is 5.92 Å². The minimum atomic E-state index is -2.81. The molecule has 0 aromatic rings. The Kier molecular flexibility index (Phi) is 6.44. The number of nitrogens with one attached hydrogen (secondary N) is 1. The summed E-state index contributed by atoms with van der Waals surface area (Å²) in [6.07, 6.45) is 3.89. The molecule has 4 nitrogen and oxygen atoms in total. The molecule has 17 heavy (non-hydrogen) atoms. The van der Waals surface area contributed by atoms with Crippen molar-refractivity contribution in [1.82, 2.24) is 5.32 Å². The molecule has 1 aliphatic heterocycles. The zero-order valence-electron chi connectivity index (χ0n) is 10.9. The topological polar surface area (TPSA) is 55.4 Å². The molecule has 0 aromatic heterocycles. The highest BCUT2D eigenvalue weighted by Gasteiger charge is 2.22. The molecule has 1 rings (SSSR count). The van der Waals surface area contributed by atoms with E-state index in [9.17, 15) is 8.42 Å². The Balaban J connectivity index is 2.31. The van der Waals surface area contributed by atoms with Crippen LogP contribution in [0.25, 0.3) is 0 Å². The van der Waals surface area contributed by atoms with Crippen molar-refractivity contribution < 1.29 is 13.2 Å². The second-order valence-electron chi connectivity index (χ2n) is 4.72. The Morgan fingerprint density at radius 1 is 1.35 bits per heavy atom. The SMILES string of the molecule is CCS(=O)(=O)CCCC(NC)C1CCOCC1. The minimum Gasteiger partial charge on any atom is -0.381 e. The van der Waals surface area contributed by atoms with Gasteiger partial charge in [0.2, 0.25) is 0 Å². The van der Waals surface area contributed by atoms with Crippen LogP contribution in [0, 0.1) is 5.92 Å². The lowest BCUT2D eigenvalue weighted by Crippen LogP contribution is -2.37. The van der Waals surface area contributed by atoms with E-state index < -0.39 is 9.84 Å². The van der Waals surface area contributed by atoms with Crippen molar-refractivity contribution in [2.75, 3.05) is 31.8 Å². The first-order valence-electron chi connectivity index (χ1n) is 6.54. The third kappa shape index (κ3) is 5.36. The van der Waals surface area contributed by atoms with Crippen molar-refractivity contribution in [3.8, 4) is 0 Å². The third-order valence-electron chi connectivity index (χ3n) is 3.62. The molecule has 1 N–H and O–H groups in total. The zero-order chi connectivity index (χ0) is 12.7. The normalized spacial score (nSPS) is 20.4. The molecule has 1 saturated heterocycles. The lowest BCUT2D eigenvalue weighted by atomic mass is 9.89. The monoisotopic (exact) mass is 263 g/mol. The first-order chi connectivity index (χ1) is 8.09. The molecule has 0 spiro atoms. The van der Waals surface area contributed by atoms with Crippen LogP contribution in [0.2, 0.25) is 0 Å². The van der Waals surface area contributed by atoms with Crippen molar-refractivity contribution in [1.29, 1.82) is 0 Å². The predicted molar refractivity (Wildman–Crippen MR) is 70.0 cm³/mol. The molecule has 0 aliphatic carbocycles. The lowest BCUT2D eigenvalue weighted by Gasteiger charge is -2.30. The second-order valence-corrected chi connectivity index (χ2v) is 7.20. The van der Waals surface area contributed by atoms with E-state index in [1.165, 1.54) is 0 Å². The Bertz CT molecular complexity index is 297. The molecule has 1 fully saturated rings. The fourth-order valence-electron chi connectivity index (χ4n) is 2.40. The van der Waals surface area contributed by atoms with Gasteiger partial charge in [-0.25, -0.2) is 8.42 Å². The maximum absolute atomic E-state index is 11.4. The van der Waals surface area contributed by atoms with Crippen LogP contribution in [0.3, 0.4) is 0 Å². The van der Waals surface area contributed by atoms with Gasteiger partial charge in [-0.15, -0.1) is 0 Å². The van der Waals surface area contributed by atoms with Crippen LogP contribution in [-0.4, -0.2) is 46.2 Å². The third-order valence-corrected chi connectivity index (χ3v) is 5.41. The smallest absolute Gasteiger partial charge is 0.150 e. The molecule has 0 saturated carbocycles. The molecule has 1 aliphatic rings. The van der Waals surface area contributed by atoms with Gasteiger partial charge in [0.1, 0.15) is 9.84 Å². The summed E-state index contributed by atoms with van der Waals surface area (Å²) in [5.41, 5.74) is 0. The summed E-state index contributed by atoms with van der Waals surface area (Å²) in [6, 6.07) is 0.436. The maximum Gasteiger partial charge on any atom is 0.150 e. The number of ether oxygens (including phenoxy) is 1. The fraction of sp³-hybridized carbons (Fsp3) is 1.00. The Morgan fingerprint density at radius 3 is 2.53 bits per heavy atom. The number of rotatable bonds is 7. The van der Waals surface area contributed by atoms with E-state index in [2.05, 4.69) is 5.32 Å². The summed E-state index contributed by atoms with van der Waals surface area (Å²) in [6.45, 7) is 3.40. The molecule has 5 heteroatoms. The number of sulfone groups is 1. The van der Waals surface area contributed by atoms with Gasteiger partial charge in [0.25, 0.3) is 0 Å². The summed E-state index contributed by atoms with van der Waals surface area (Å²) in [7, 11) is -0.840. The highest BCUT2D eigenvalue weighted by molar-refractivity contribution is 7.91. The lowest BCUT2D eigenvalue weighted by molar-refractivity contribution is 0.0535. The van der Waals surface area contributed by atoms with Gasteiger partial charge in [0.15, 0.2) is 0 Å². The maximum atomic E-state index is 11.4. The summed E-state index contributed by atoms with van der Waals surface area (Å²) in [5.74, 6) is 1.22. The van der Waals surface area contributed by atoms with Crippen molar-refractivity contribution in [3.63, 3.8) is 0 Å². The summed E-state index contributed by atoms with van der Waals surface area (Å²) in [4.78, 5) is 0. The van der Waals surface area contributed by atoms with E-state index in [1.807, 2.05) is 7.05 Å². The van der Waals surface area contributed by atoms with Gasteiger partial charge < -0.3 is 10.1 Å². The average molecular weight is 263 g/mol. The van der Waals surface area contributed by atoms with Crippen LogP contribution in [0.1, 0.15) is 32.6 Å². The number of hydrogen-bond donors (Lipinski definition) is 1. The molecule has 1 atom stereocenters. The molecule has 1 heterocycles. The van der Waals surface area contributed by atoms with Gasteiger partial charge >= 0.3 is 0 Å². The first-order valence-corrected chi connectivity index (χ1v) is 8.36. The molecule has 0 amide bonds. The highest BCUT2D eigenvalue weighted by Crippen LogP contribution is 2.21. The Hall–Kier alpha value is -0.130. The molecular weight excluding hydrogens is 238 g/mol. The predicted octanol–water partition coefficient (Wildman–Crippen LogP) is 1.22. The largest absolute Gasteiger partial charge is 0.381 e. The van der Waals surface area contributed by atoms with Gasteiger partial charge in [-0.05, 0) is 38.6 Å². The standard InChI is InChI=1S/C12H25NO3S/c1-3-17(14,15)10-4-5-12(13-2)11-6-8-16-9-7-11/h11-13H,3-10H2,1-2H3. The van der Waals surface area contributed by atoms with E-state index in [4.69, 9.17) is 4.74 Å². The fourth-order valence-corrected chi connectivity index (χ4v) is 3.30. The van der Waals surface area contributed by atoms with Crippen LogP contribution in [0.15, 0.2) is 0 Å². The molecular formula is C12H25NO3S. The molecule has 0 aromatic carbocycles. The van der Waals surface area contributed by atoms with Gasteiger partial charge in [-0.1, -0.05) is 6.92 Å². The van der Waals surface area contributed by atoms with E-state index in [-0.39, 0.29) is 5.75 Å². The van der Waals surface area contributed by atoms with Gasteiger partial charge in [-0.3, -0.25) is 0 Å². The zero-order valence-corrected chi connectivity index (χ0v) is 11.8. The van der Waals surface area contributed by atoms with Gasteiger partial charge in [0, 0.05) is 25.0 Å². The van der Waals surface area contributed by atoms with Crippen LogP contribution in [-0.2, 0) is 14.6 Å². The van der Waals surface area contributed by atoms with E-state index in [0.717, 1.165) is 38.9 Å². The summed E-state index contributed by atoms with van der Waals surface area (Å²) in [5, 5.41) is 3.33. The first kappa shape index (κ1) is 14.9. The van der Waals surface area contributed by atoms with Crippen molar-refractivity contribution >= 4 is 9.84 Å². The van der Waals surface area contributed by atoms with Crippen LogP contribution in [0.5, 0.6) is 0 Å². The molecule has 0 radical (unpaired) electrons. The van der Waals surface area contributed by atoms with Crippen molar-refractivity contribution in [3.05, 3.63) is 0 Å². The molecule has 1 unspecified atom stereocenters. The van der Waals surface area contributed by atoms with Crippen LogP contribution >= 0.6 is 0 Å². The van der Waals surface area contributed by atoms with Crippen LogP contribution in [0.4, 0.5) is 0 Å². The van der Waals surface area contributed by atoms with E-state index in [1.54, 1.807) is 6.92 Å². The molecule has 102 valence electrons. The van der Waals surface area contributed by atoms with E-state index in [0.29, 0.717) is 17.7 Å². The van der Waals surface area contributed by atoms with Crippen LogP contribution < -0.4 is 5.32 Å². The Labute approximate surface area is 105 Å². The highest BCUT2D eigenvalue weighted by atomic mass is 32.2.